The average Bonchev–Trinajstić information content (AvgIpc) is 3.77. The molecule has 4 aliphatic rings. The van der Waals surface area contributed by atoms with Crippen LogP contribution in [0.4, 0.5) is 4.79 Å². The Labute approximate surface area is 261 Å². The molecule has 44 heavy (non-hydrogen) atoms. The Hall–Kier alpha value is -3.11. The second-order valence-electron chi connectivity index (χ2n) is 11.1. The van der Waals surface area contributed by atoms with E-state index < -0.39 is 48.7 Å². The van der Waals surface area contributed by atoms with Crippen LogP contribution in [0.3, 0.4) is 0 Å². The zero-order valence-corrected chi connectivity index (χ0v) is 26.3. The van der Waals surface area contributed by atoms with Crippen LogP contribution in [0, 0.1) is 0 Å². The van der Waals surface area contributed by atoms with Crippen molar-refractivity contribution in [3.63, 3.8) is 0 Å². The summed E-state index contributed by atoms with van der Waals surface area (Å²) in [6.07, 6.45) is 2.47. The number of nitrogens with one attached hydrogen (secondary N) is 2. The lowest BCUT2D eigenvalue weighted by Gasteiger charge is -2.27. The van der Waals surface area contributed by atoms with Crippen LogP contribution in [0.2, 0.25) is 0 Å². The number of nitrogens with zero attached hydrogens (tertiary/aromatic N) is 2. The molecule has 2 aromatic rings. The molecule has 0 saturated carbocycles. The zero-order chi connectivity index (χ0) is 31.5. The van der Waals surface area contributed by atoms with Crippen molar-refractivity contribution in [2.45, 2.75) is 67.0 Å². The van der Waals surface area contributed by atoms with Gasteiger partial charge >= 0.3 is 0 Å². The molecule has 0 bridgehead atoms. The van der Waals surface area contributed by atoms with Gasteiger partial charge in [0, 0.05) is 19.1 Å². The number of Topliss-reactive ketones (excluding diaryl/α,β-unsaturated/α-hetero) is 1. The number of rotatable bonds is 8. The predicted molar refractivity (Wildman–Crippen MR) is 164 cm³/mol. The number of ketones is 1. The first-order chi connectivity index (χ1) is 20.9. The van der Waals surface area contributed by atoms with Crippen molar-refractivity contribution in [1.82, 2.24) is 19.2 Å². The number of imide groups is 1. The lowest BCUT2D eigenvalue weighted by Crippen LogP contribution is -2.50. The van der Waals surface area contributed by atoms with E-state index in [0.717, 1.165) is 17.3 Å². The van der Waals surface area contributed by atoms with E-state index in [4.69, 9.17) is 0 Å². The Balaban J connectivity index is 0.000000175. The Bertz CT molecular complexity index is 1500. The van der Waals surface area contributed by atoms with Crippen molar-refractivity contribution in [1.29, 1.82) is 0 Å². The first kappa shape index (κ1) is 32.3. The minimum absolute atomic E-state index is 0.0841. The van der Waals surface area contributed by atoms with Crippen molar-refractivity contribution in [3.8, 4) is 0 Å². The maximum absolute atomic E-state index is 12.7. The van der Waals surface area contributed by atoms with E-state index in [0.29, 0.717) is 44.3 Å². The van der Waals surface area contributed by atoms with Gasteiger partial charge in [-0.3, -0.25) is 24.5 Å². The quantitative estimate of drug-likeness (QED) is 0.401. The normalized spacial score (nSPS) is 26.4. The summed E-state index contributed by atoms with van der Waals surface area (Å²) in [6, 6.07) is 16.3. The molecule has 12 nitrogen and oxygen atoms in total. The molecular formula is C29H34N4O8S3. The Morgan fingerprint density at radius 2 is 1.23 bits per heavy atom. The molecule has 4 aliphatic heterocycles. The van der Waals surface area contributed by atoms with Gasteiger partial charge in [-0.1, -0.05) is 60.7 Å². The molecule has 0 aliphatic carbocycles. The molecule has 4 atom stereocenters. The molecule has 0 spiro atoms. The molecule has 6 rings (SSSR count). The van der Waals surface area contributed by atoms with E-state index in [-0.39, 0.29) is 35.5 Å². The highest BCUT2D eigenvalue weighted by atomic mass is 32.2. The van der Waals surface area contributed by atoms with Gasteiger partial charge in [0.2, 0.25) is 31.9 Å². The largest absolute Gasteiger partial charge is 0.344 e. The molecule has 0 radical (unpaired) electrons. The molecule has 15 heteroatoms. The standard InChI is InChI=1S/C15H18N2O4S.C14H16N2O4S2/c18-13-9-14(19)16-15(13)12-7-4-8-17(12)22(20,21)10-11-5-2-1-3-6-11;17-13-12(21-14(18)15-13)11-7-4-8-16(11)22(19,20)9-10-5-2-1-3-6-10/h1-3,5-6,12,15H,4,7-10H2,(H,16,19);1-3,5-6,11-12H,4,7-9H2,(H,15,17,18). The second-order valence-corrected chi connectivity index (χ2v) is 16.1. The van der Waals surface area contributed by atoms with Crippen LogP contribution in [0.5, 0.6) is 0 Å². The van der Waals surface area contributed by atoms with E-state index in [2.05, 4.69) is 10.6 Å². The van der Waals surface area contributed by atoms with Crippen molar-refractivity contribution in [2.24, 2.45) is 0 Å². The SMILES string of the molecule is O=C1CC(=O)C(C2CCCN2S(=O)(=O)Cc2ccccc2)N1.O=C1NC(=O)C(C2CCCN2S(=O)(=O)Cc2ccccc2)S1. The number of thioether (sulfide) groups is 1. The third kappa shape index (κ3) is 7.40. The van der Waals surface area contributed by atoms with Gasteiger partial charge in [0.15, 0.2) is 5.78 Å². The molecule has 4 unspecified atom stereocenters. The van der Waals surface area contributed by atoms with E-state index in [1.165, 1.54) is 8.61 Å². The van der Waals surface area contributed by atoms with Crippen molar-refractivity contribution >= 4 is 54.6 Å². The molecular weight excluding hydrogens is 629 g/mol. The Morgan fingerprint density at radius 1 is 0.727 bits per heavy atom. The molecule has 3 amide bonds. The smallest absolute Gasteiger partial charge is 0.286 e. The second kappa shape index (κ2) is 13.5. The summed E-state index contributed by atoms with van der Waals surface area (Å²) >= 11 is 0.891. The summed E-state index contributed by atoms with van der Waals surface area (Å²) in [5, 5.41) is 3.81. The molecule has 2 N–H and O–H groups in total. The summed E-state index contributed by atoms with van der Waals surface area (Å²) in [7, 11) is -7.02. The maximum Gasteiger partial charge on any atom is 0.286 e. The highest BCUT2D eigenvalue weighted by Crippen LogP contribution is 2.34. The Kier molecular flexibility index (Phi) is 9.89. The van der Waals surface area contributed by atoms with Crippen LogP contribution in [0.1, 0.15) is 43.2 Å². The van der Waals surface area contributed by atoms with Crippen LogP contribution in [0.25, 0.3) is 0 Å². The highest BCUT2D eigenvalue weighted by Gasteiger charge is 2.47. The monoisotopic (exact) mass is 662 g/mol. The predicted octanol–water partition coefficient (Wildman–Crippen LogP) is 1.77. The summed E-state index contributed by atoms with van der Waals surface area (Å²) in [5.41, 5.74) is 1.43. The summed E-state index contributed by atoms with van der Waals surface area (Å²) in [4.78, 5) is 46.4. The average molecular weight is 663 g/mol. The van der Waals surface area contributed by atoms with Gasteiger partial charge in [-0.05, 0) is 48.6 Å². The fraction of sp³-hybridized carbons (Fsp3) is 0.448. The highest BCUT2D eigenvalue weighted by molar-refractivity contribution is 8.15. The zero-order valence-electron chi connectivity index (χ0n) is 23.8. The molecule has 4 saturated heterocycles. The number of carbonyl (C=O) groups is 4. The third-order valence-corrected chi connectivity index (χ3v) is 12.9. The molecule has 0 aromatic heterocycles. The first-order valence-corrected chi connectivity index (χ1v) is 18.4. The molecule has 4 fully saturated rings. The van der Waals surface area contributed by atoms with Gasteiger partial charge in [-0.25, -0.2) is 16.8 Å². The van der Waals surface area contributed by atoms with Crippen molar-refractivity contribution < 1.29 is 36.0 Å². The lowest BCUT2D eigenvalue weighted by atomic mass is 10.0. The van der Waals surface area contributed by atoms with Gasteiger partial charge in [0.1, 0.15) is 11.3 Å². The van der Waals surface area contributed by atoms with Crippen LogP contribution < -0.4 is 10.6 Å². The van der Waals surface area contributed by atoms with Gasteiger partial charge < -0.3 is 5.32 Å². The van der Waals surface area contributed by atoms with Gasteiger partial charge in [-0.15, -0.1) is 0 Å². The van der Waals surface area contributed by atoms with Gasteiger partial charge in [0.25, 0.3) is 5.24 Å². The van der Waals surface area contributed by atoms with Crippen LogP contribution >= 0.6 is 11.8 Å². The summed E-state index contributed by atoms with van der Waals surface area (Å²) < 4.78 is 53.4. The maximum atomic E-state index is 12.7. The van der Waals surface area contributed by atoms with E-state index in [9.17, 15) is 36.0 Å². The number of hydrogen-bond donors (Lipinski definition) is 2. The molecule has 4 heterocycles. The van der Waals surface area contributed by atoms with Crippen LogP contribution in [0.15, 0.2) is 60.7 Å². The lowest BCUT2D eigenvalue weighted by molar-refractivity contribution is -0.122. The number of carbonyl (C=O) groups excluding carboxylic acids is 4. The number of hydrogen-bond acceptors (Lipinski definition) is 9. The fourth-order valence-electron chi connectivity index (χ4n) is 6.10. The fourth-order valence-corrected chi connectivity index (χ4v) is 10.8. The van der Waals surface area contributed by atoms with Crippen LogP contribution in [-0.2, 0) is 45.9 Å². The molecule has 2 aromatic carbocycles. The minimum Gasteiger partial charge on any atom is -0.344 e. The van der Waals surface area contributed by atoms with Gasteiger partial charge in [-0.2, -0.15) is 8.61 Å². The summed E-state index contributed by atoms with van der Waals surface area (Å²) in [6.45, 7) is 0.803. The number of amides is 3. The first-order valence-electron chi connectivity index (χ1n) is 14.3. The summed E-state index contributed by atoms with van der Waals surface area (Å²) in [5.74, 6) is -1.09. The number of sulfonamides is 2. The van der Waals surface area contributed by atoms with Crippen molar-refractivity contribution in [2.75, 3.05) is 13.1 Å². The van der Waals surface area contributed by atoms with E-state index >= 15 is 0 Å². The van der Waals surface area contributed by atoms with Crippen molar-refractivity contribution in [3.05, 3.63) is 71.8 Å². The van der Waals surface area contributed by atoms with Crippen LogP contribution in [-0.4, -0.2) is 84.7 Å². The minimum atomic E-state index is -3.51. The third-order valence-electron chi connectivity index (χ3n) is 8.05. The van der Waals surface area contributed by atoms with E-state index in [1.54, 1.807) is 48.5 Å². The van der Waals surface area contributed by atoms with E-state index in [1.807, 2.05) is 12.1 Å². The Morgan fingerprint density at radius 3 is 1.68 bits per heavy atom. The van der Waals surface area contributed by atoms with Gasteiger partial charge in [0.05, 0.1) is 24.0 Å². The number of benzene rings is 2. The molecule has 236 valence electrons. The topological polar surface area (TPSA) is 167 Å².